The molecule has 108 valence electrons. The largest absolute Gasteiger partial charge is 0.332 e. The number of hydrogen-bond acceptors (Lipinski definition) is 4. The second-order valence-corrected chi connectivity index (χ2v) is 7.18. The first-order valence-electron chi connectivity index (χ1n) is 7.07. The number of thiophene rings is 1. The summed E-state index contributed by atoms with van der Waals surface area (Å²) in [5.41, 5.74) is 1.18. The van der Waals surface area contributed by atoms with Gasteiger partial charge in [0.2, 0.25) is 0 Å². The SMILES string of the molecule is Cc1ccc(CN2CCn3cc(CN(C)C)nc3C2)s1. The molecule has 1 aliphatic rings. The van der Waals surface area contributed by atoms with Gasteiger partial charge in [-0.3, -0.25) is 4.90 Å². The molecule has 0 radical (unpaired) electrons. The van der Waals surface area contributed by atoms with Gasteiger partial charge in [-0.1, -0.05) is 0 Å². The van der Waals surface area contributed by atoms with Gasteiger partial charge in [0.05, 0.1) is 12.2 Å². The molecule has 3 heterocycles. The highest BCUT2D eigenvalue weighted by molar-refractivity contribution is 7.11. The highest BCUT2D eigenvalue weighted by Gasteiger charge is 2.19. The van der Waals surface area contributed by atoms with Crippen LogP contribution in [0.2, 0.25) is 0 Å². The Hall–Kier alpha value is -1.17. The minimum absolute atomic E-state index is 0.921. The third kappa shape index (κ3) is 3.11. The summed E-state index contributed by atoms with van der Waals surface area (Å²) in [7, 11) is 4.17. The fraction of sp³-hybridized carbons (Fsp3) is 0.533. The first-order valence-corrected chi connectivity index (χ1v) is 7.89. The first kappa shape index (κ1) is 13.8. The molecule has 0 unspecified atom stereocenters. The van der Waals surface area contributed by atoms with E-state index in [0.717, 1.165) is 32.7 Å². The highest BCUT2D eigenvalue weighted by Crippen LogP contribution is 2.20. The van der Waals surface area contributed by atoms with Crippen LogP contribution < -0.4 is 0 Å². The van der Waals surface area contributed by atoms with E-state index in [1.807, 2.05) is 11.3 Å². The van der Waals surface area contributed by atoms with Crippen LogP contribution in [-0.4, -0.2) is 40.0 Å². The number of fused-ring (bicyclic) bond motifs is 1. The summed E-state index contributed by atoms with van der Waals surface area (Å²) in [6, 6.07) is 4.46. The van der Waals surface area contributed by atoms with E-state index in [4.69, 9.17) is 4.98 Å². The standard InChI is InChI=1S/C15H22N4S/c1-12-4-5-14(20-12)10-18-6-7-19-9-13(8-17(2)3)16-15(19)11-18/h4-5,9H,6-8,10-11H2,1-3H3. The average molecular weight is 290 g/mol. The molecule has 4 nitrogen and oxygen atoms in total. The molecule has 2 aromatic rings. The monoisotopic (exact) mass is 290 g/mol. The van der Waals surface area contributed by atoms with Crippen LogP contribution in [0.3, 0.4) is 0 Å². The van der Waals surface area contributed by atoms with E-state index in [9.17, 15) is 0 Å². The highest BCUT2D eigenvalue weighted by atomic mass is 32.1. The van der Waals surface area contributed by atoms with Crippen LogP contribution >= 0.6 is 11.3 Å². The maximum absolute atomic E-state index is 4.77. The summed E-state index contributed by atoms with van der Waals surface area (Å²) in [6.07, 6.45) is 2.21. The average Bonchev–Trinajstić information content (AvgIpc) is 2.94. The van der Waals surface area contributed by atoms with Crippen LogP contribution in [0.4, 0.5) is 0 Å². The van der Waals surface area contributed by atoms with E-state index < -0.39 is 0 Å². The van der Waals surface area contributed by atoms with Crippen molar-refractivity contribution in [3.05, 3.63) is 39.6 Å². The Kier molecular flexibility index (Phi) is 3.92. The number of imidazole rings is 1. The van der Waals surface area contributed by atoms with Gasteiger partial charge >= 0.3 is 0 Å². The van der Waals surface area contributed by atoms with E-state index in [-0.39, 0.29) is 0 Å². The molecular formula is C15H22N4S. The minimum atomic E-state index is 0.921. The summed E-state index contributed by atoms with van der Waals surface area (Å²) < 4.78 is 2.31. The Labute approximate surface area is 124 Å². The molecule has 2 aromatic heterocycles. The van der Waals surface area contributed by atoms with Crippen molar-refractivity contribution < 1.29 is 0 Å². The second kappa shape index (κ2) is 5.68. The fourth-order valence-electron chi connectivity index (χ4n) is 2.69. The maximum atomic E-state index is 4.77. The summed E-state index contributed by atoms with van der Waals surface area (Å²) in [5, 5.41) is 0. The maximum Gasteiger partial charge on any atom is 0.123 e. The number of hydrogen-bond donors (Lipinski definition) is 0. The number of aromatic nitrogens is 2. The van der Waals surface area contributed by atoms with Crippen molar-refractivity contribution in [1.29, 1.82) is 0 Å². The Morgan fingerprint density at radius 1 is 1.30 bits per heavy atom. The Balaban J connectivity index is 1.67. The predicted molar refractivity (Wildman–Crippen MR) is 82.8 cm³/mol. The van der Waals surface area contributed by atoms with E-state index in [2.05, 4.69) is 53.7 Å². The van der Waals surface area contributed by atoms with Crippen molar-refractivity contribution in [2.24, 2.45) is 0 Å². The quantitative estimate of drug-likeness (QED) is 0.864. The molecule has 0 amide bonds. The fourth-order valence-corrected chi connectivity index (χ4v) is 3.62. The van der Waals surface area contributed by atoms with Crippen molar-refractivity contribution in [2.45, 2.75) is 33.1 Å². The summed E-state index contributed by atoms with van der Waals surface area (Å²) in [6.45, 7) is 7.27. The number of rotatable bonds is 4. The van der Waals surface area contributed by atoms with Crippen LogP contribution in [0.25, 0.3) is 0 Å². The van der Waals surface area contributed by atoms with Gasteiger partial charge in [0, 0.05) is 42.1 Å². The third-order valence-corrected chi connectivity index (χ3v) is 4.57. The van der Waals surface area contributed by atoms with E-state index >= 15 is 0 Å². The van der Waals surface area contributed by atoms with Gasteiger partial charge in [0.1, 0.15) is 5.82 Å². The number of nitrogens with zero attached hydrogens (tertiary/aromatic N) is 4. The molecule has 3 rings (SSSR count). The zero-order chi connectivity index (χ0) is 14.1. The van der Waals surface area contributed by atoms with Crippen LogP contribution in [-0.2, 0) is 26.2 Å². The van der Waals surface area contributed by atoms with Crippen LogP contribution in [0.5, 0.6) is 0 Å². The summed E-state index contributed by atoms with van der Waals surface area (Å²) >= 11 is 1.90. The van der Waals surface area contributed by atoms with Gasteiger partial charge in [-0.25, -0.2) is 4.98 Å². The smallest absolute Gasteiger partial charge is 0.123 e. The lowest BCUT2D eigenvalue weighted by atomic mass is 10.3. The molecule has 0 aliphatic carbocycles. The second-order valence-electron chi connectivity index (χ2n) is 5.80. The molecule has 0 aromatic carbocycles. The normalized spacial score (nSPS) is 15.8. The van der Waals surface area contributed by atoms with E-state index in [1.165, 1.54) is 21.3 Å². The molecule has 0 saturated carbocycles. The van der Waals surface area contributed by atoms with Gasteiger partial charge in [0.25, 0.3) is 0 Å². The Morgan fingerprint density at radius 2 is 2.15 bits per heavy atom. The Morgan fingerprint density at radius 3 is 2.85 bits per heavy atom. The number of aryl methyl sites for hydroxylation is 1. The molecule has 0 bridgehead atoms. The molecule has 1 aliphatic heterocycles. The van der Waals surface area contributed by atoms with Crippen molar-refractivity contribution >= 4 is 11.3 Å². The molecule has 0 saturated heterocycles. The third-order valence-electron chi connectivity index (χ3n) is 3.58. The summed E-state index contributed by atoms with van der Waals surface area (Å²) in [5.74, 6) is 1.21. The lowest BCUT2D eigenvalue weighted by molar-refractivity contribution is 0.210. The van der Waals surface area contributed by atoms with Crippen LogP contribution in [0.1, 0.15) is 21.3 Å². The zero-order valence-electron chi connectivity index (χ0n) is 12.5. The zero-order valence-corrected chi connectivity index (χ0v) is 13.3. The molecule has 5 heteroatoms. The first-order chi connectivity index (χ1) is 9.60. The van der Waals surface area contributed by atoms with Crippen molar-refractivity contribution in [3.63, 3.8) is 0 Å². The lowest BCUT2D eigenvalue weighted by Gasteiger charge is -2.26. The molecule has 0 atom stereocenters. The summed E-state index contributed by atoms with van der Waals surface area (Å²) in [4.78, 5) is 12.3. The van der Waals surface area contributed by atoms with Crippen molar-refractivity contribution in [1.82, 2.24) is 19.4 Å². The molecular weight excluding hydrogens is 268 g/mol. The van der Waals surface area contributed by atoms with Crippen LogP contribution in [0, 0.1) is 6.92 Å². The predicted octanol–water partition coefficient (Wildman–Crippen LogP) is 2.33. The molecule has 0 fully saturated rings. The van der Waals surface area contributed by atoms with Crippen molar-refractivity contribution in [2.75, 3.05) is 20.6 Å². The van der Waals surface area contributed by atoms with Gasteiger partial charge in [-0.2, -0.15) is 0 Å². The van der Waals surface area contributed by atoms with E-state index in [1.54, 1.807) is 0 Å². The van der Waals surface area contributed by atoms with Crippen molar-refractivity contribution in [3.8, 4) is 0 Å². The van der Waals surface area contributed by atoms with Gasteiger partial charge in [-0.15, -0.1) is 11.3 Å². The van der Waals surface area contributed by atoms with Gasteiger partial charge in [0.15, 0.2) is 0 Å². The lowest BCUT2D eigenvalue weighted by Crippen LogP contribution is -2.32. The minimum Gasteiger partial charge on any atom is -0.332 e. The molecule has 20 heavy (non-hydrogen) atoms. The topological polar surface area (TPSA) is 24.3 Å². The van der Waals surface area contributed by atoms with Gasteiger partial charge < -0.3 is 9.47 Å². The molecule has 0 spiro atoms. The van der Waals surface area contributed by atoms with E-state index in [0.29, 0.717) is 0 Å². The van der Waals surface area contributed by atoms with Crippen LogP contribution in [0.15, 0.2) is 18.3 Å². The van der Waals surface area contributed by atoms with Gasteiger partial charge in [-0.05, 0) is 33.2 Å². The molecule has 0 N–H and O–H groups in total. The Bertz CT molecular complexity index is 584.